The molecule has 1 N–H and O–H groups in total. The fraction of sp³-hybridized carbons (Fsp3) is 0.947. The van der Waals surface area contributed by atoms with Crippen molar-refractivity contribution in [3.8, 4) is 0 Å². The number of aliphatic hydroxyl groups is 1. The lowest BCUT2D eigenvalue weighted by Crippen LogP contribution is -2.54. The van der Waals surface area contributed by atoms with E-state index >= 15 is 0 Å². The fourth-order valence-corrected chi connectivity index (χ4v) is 7.43. The van der Waals surface area contributed by atoms with Crippen molar-refractivity contribution in [1.29, 1.82) is 0 Å². The molecule has 0 bridgehead atoms. The summed E-state index contributed by atoms with van der Waals surface area (Å²) in [6, 6.07) is 0. The lowest BCUT2D eigenvalue weighted by Gasteiger charge is -2.60. The number of ketones is 1. The summed E-state index contributed by atoms with van der Waals surface area (Å²) in [7, 11) is 0. The maximum absolute atomic E-state index is 12.6. The molecule has 3 heteroatoms. The molecule has 0 aliphatic heterocycles. The predicted molar refractivity (Wildman–Crippen MR) is 87.8 cm³/mol. The van der Waals surface area contributed by atoms with Gasteiger partial charge in [-0.1, -0.05) is 13.8 Å². The number of halogens is 1. The van der Waals surface area contributed by atoms with Crippen LogP contribution in [0.2, 0.25) is 0 Å². The number of hydrogen-bond acceptors (Lipinski definition) is 2. The van der Waals surface area contributed by atoms with Crippen LogP contribution in [-0.4, -0.2) is 22.4 Å². The van der Waals surface area contributed by atoms with Gasteiger partial charge in [-0.25, -0.2) is 0 Å². The van der Waals surface area contributed by atoms with E-state index in [-0.39, 0.29) is 16.9 Å². The summed E-state index contributed by atoms with van der Waals surface area (Å²) in [6.07, 6.45) is 8.67. The van der Waals surface area contributed by atoms with E-state index in [1.54, 1.807) is 0 Å². The van der Waals surface area contributed by atoms with E-state index in [0.29, 0.717) is 29.0 Å². The summed E-state index contributed by atoms with van der Waals surface area (Å²) in [5.74, 6) is 2.94. The molecule has 4 saturated carbocycles. The highest BCUT2D eigenvalue weighted by atomic mass is 35.5. The highest BCUT2D eigenvalue weighted by molar-refractivity contribution is 6.32. The van der Waals surface area contributed by atoms with Crippen LogP contribution in [0.3, 0.4) is 0 Å². The zero-order chi connectivity index (χ0) is 15.7. The number of carbonyl (C=O) groups excluding carboxylic acids is 1. The second kappa shape index (κ2) is 4.96. The van der Waals surface area contributed by atoms with Gasteiger partial charge in [0.1, 0.15) is 0 Å². The summed E-state index contributed by atoms with van der Waals surface area (Å²) < 4.78 is 0. The predicted octanol–water partition coefficient (Wildman–Crippen LogP) is 4.18. The molecule has 4 fully saturated rings. The molecule has 4 aliphatic carbocycles. The standard InChI is InChI=1S/C19H29ClO2/c1-18-7-5-12(21)9-11(18)3-4-13-14(18)6-8-19(2)15(13)10-16(20)17(19)22/h11-16,21H,3-10H2,1-2H3/t11?,12?,13-,14-,15+,16?,18+,19+/m1/s1. The Morgan fingerprint density at radius 1 is 1.05 bits per heavy atom. The maximum atomic E-state index is 12.6. The van der Waals surface area contributed by atoms with Crippen LogP contribution in [0, 0.1) is 34.5 Å². The molecule has 2 nitrogen and oxygen atoms in total. The quantitative estimate of drug-likeness (QED) is 0.679. The molecule has 22 heavy (non-hydrogen) atoms. The minimum atomic E-state index is -0.243. The number of carbonyl (C=O) groups is 1. The molecule has 0 saturated heterocycles. The average Bonchev–Trinajstić information content (AvgIpc) is 2.72. The molecule has 0 spiro atoms. The van der Waals surface area contributed by atoms with Gasteiger partial charge in [0, 0.05) is 5.41 Å². The smallest absolute Gasteiger partial charge is 0.156 e. The monoisotopic (exact) mass is 324 g/mol. The largest absolute Gasteiger partial charge is 0.393 e. The Labute approximate surface area is 139 Å². The van der Waals surface area contributed by atoms with E-state index in [1.165, 1.54) is 25.7 Å². The minimum Gasteiger partial charge on any atom is -0.393 e. The van der Waals surface area contributed by atoms with Gasteiger partial charge in [-0.3, -0.25) is 4.79 Å². The molecule has 4 rings (SSSR count). The van der Waals surface area contributed by atoms with Crippen LogP contribution in [-0.2, 0) is 4.79 Å². The maximum Gasteiger partial charge on any atom is 0.156 e. The number of rotatable bonds is 0. The first-order chi connectivity index (χ1) is 10.4. The van der Waals surface area contributed by atoms with Crippen LogP contribution < -0.4 is 0 Å². The van der Waals surface area contributed by atoms with Crippen molar-refractivity contribution in [2.75, 3.05) is 0 Å². The van der Waals surface area contributed by atoms with Crippen molar-refractivity contribution >= 4 is 17.4 Å². The van der Waals surface area contributed by atoms with Crippen molar-refractivity contribution < 1.29 is 9.90 Å². The first-order valence-corrected chi connectivity index (χ1v) is 9.66. The molecule has 0 aromatic rings. The van der Waals surface area contributed by atoms with Gasteiger partial charge in [0.15, 0.2) is 5.78 Å². The van der Waals surface area contributed by atoms with Gasteiger partial charge in [-0.2, -0.15) is 0 Å². The molecule has 0 heterocycles. The summed E-state index contributed by atoms with van der Waals surface area (Å²) in [4.78, 5) is 12.6. The van der Waals surface area contributed by atoms with Gasteiger partial charge < -0.3 is 5.11 Å². The van der Waals surface area contributed by atoms with Gasteiger partial charge in [-0.05, 0) is 80.5 Å². The Bertz CT molecular complexity index is 492. The summed E-state index contributed by atoms with van der Waals surface area (Å²) in [5, 5.41) is 9.81. The first kappa shape index (κ1) is 15.4. The molecular weight excluding hydrogens is 296 g/mol. The molecule has 0 amide bonds. The summed E-state index contributed by atoms with van der Waals surface area (Å²) in [6.45, 7) is 4.68. The van der Waals surface area contributed by atoms with Crippen LogP contribution in [0.15, 0.2) is 0 Å². The van der Waals surface area contributed by atoms with E-state index in [9.17, 15) is 9.90 Å². The van der Waals surface area contributed by atoms with Crippen molar-refractivity contribution in [3.63, 3.8) is 0 Å². The Morgan fingerprint density at radius 3 is 2.59 bits per heavy atom. The zero-order valence-electron chi connectivity index (χ0n) is 13.9. The van der Waals surface area contributed by atoms with Gasteiger partial charge in [0.25, 0.3) is 0 Å². The molecular formula is C19H29ClO2. The Balaban J connectivity index is 1.64. The second-order valence-electron chi connectivity index (χ2n) is 9.11. The van der Waals surface area contributed by atoms with E-state index in [4.69, 9.17) is 11.6 Å². The topological polar surface area (TPSA) is 37.3 Å². The molecule has 0 aromatic heterocycles. The number of Topliss-reactive ketones (excluding diaryl/α,β-unsaturated/α-hetero) is 1. The molecule has 4 aliphatic rings. The lowest BCUT2D eigenvalue weighted by molar-refractivity contribution is -0.142. The van der Waals surface area contributed by atoms with Gasteiger partial charge in [0.05, 0.1) is 11.5 Å². The van der Waals surface area contributed by atoms with Crippen molar-refractivity contribution in [1.82, 2.24) is 0 Å². The number of hydrogen-bond donors (Lipinski definition) is 1. The third-order valence-corrected chi connectivity index (χ3v) is 8.71. The number of fused-ring (bicyclic) bond motifs is 5. The van der Waals surface area contributed by atoms with Crippen LogP contribution in [0.25, 0.3) is 0 Å². The summed E-state index contributed by atoms with van der Waals surface area (Å²) in [5.41, 5.74) is 0.238. The molecule has 3 unspecified atom stereocenters. The first-order valence-electron chi connectivity index (χ1n) is 9.23. The van der Waals surface area contributed by atoms with Crippen LogP contribution >= 0.6 is 11.6 Å². The Hall–Kier alpha value is -0.0800. The number of alkyl halides is 1. The molecule has 0 aromatic carbocycles. The van der Waals surface area contributed by atoms with Crippen LogP contribution in [0.1, 0.15) is 65.2 Å². The number of aliphatic hydroxyl groups excluding tert-OH is 1. The zero-order valence-corrected chi connectivity index (χ0v) is 14.6. The van der Waals surface area contributed by atoms with Crippen molar-refractivity contribution in [2.24, 2.45) is 34.5 Å². The van der Waals surface area contributed by atoms with E-state index in [2.05, 4.69) is 13.8 Å². The average molecular weight is 325 g/mol. The van der Waals surface area contributed by atoms with Crippen LogP contribution in [0.5, 0.6) is 0 Å². The molecule has 0 radical (unpaired) electrons. The molecule has 8 atom stereocenters. The van der Waals surface area contributed by atoms with Crippen LogP contribution in [0.4, 0.5) is 0 Å². The minimum absolute atomic E-state index is 0.0799. The third-order valence-electron chi connectivity index (χ3n) is 8.34. The molecule has 124 valence electrons. The SMILES string of the molecule is C[C@]12CCC(O)CC1CC[C@@H]1[C@H]2CC[C@]2(C)C(=O)C(Cl)C[C@@H]12. The van der Waals surface area contributed by atoms with Crippen molar-refractivity contribution in [3.05, 3.63) is 0 Å². The third kappa shape index (κ3) is 1.92. The Kier molecular flexibility index (Phi) is 3.48. The van der Waals surface area contributed by atoms with Gasteiger partial charge in [0.2, 0.25) is 0 Å². The van der Waals surface area contributed by atoms with Crippen molar-refractivity contribution in [2.45, 2.75) is 76.7 Å². The van der Waals surface area contributed by atoms with Gasteiger partial charge >= 0.3 is 0 Å². The lowest BCUT2D eigenvalue weighted by atomic mass is 9.45. The van der Waals surface area contributed by atoms with E-state index < -0.39 is 0 Å². The highest BCUT2D eigenvalue weighted by Crippen LogP contribution is 2.65. The van der Waals surface area contributed by atoms with Gasteiger partial charge in [-0.15, -0.1) is 11.6 Å². The highest BCUT2D eigenvalue weighted by Gasteiger charge is 2.62. The Morgan fingerprint density at radius 2 is 1.82 bits per heavy atom. The van der Waals surface area contributed by atoms with E-state index in [0.717, 1.165) is 31.6 Å². The summed E-state index contributed by atoms with van der Waals surface area (Å²) >= 11 is 6.37. The normalized spacial score (nSPS) is 57.9. The second-order valence-corrected chi connectivity index (χ2v) is 9.64. The fourth-order valence-electron chi connectivity index (χ4n) is 6.98. The van der Waals surface area contributed by atoms with E-state index in [1.807, 2.05) is 0 Å².